The molecule has 0 saturated heterocycles. The van der Waals surface area contributed by atoms with Crippen LogP contribution in [0.1, 0.15) is 11.1 Å². The number of rotatable bonds is 3. The molecule has 0 aliphatic heterocycles. The maximum atomic E-state index is 12.8. The maximum absolute atomic E-state index is 12.8. The lowest BCUT2D eigenvalue weighted by atomic mass is 10.1. The van der Waals surface area contributed by atoms with E-state index >= 15 is 0 Å². The van der Waals surface area contributed by atoms with Gasteiger partial charge < -0.3 is 9.30 Å². The molecule has 25 heavy (non-hydrogen) atoms. The van der Waals surface area contributed by atoms with Crippen LogP contribution >= 0.6 is 0 Å². The highest BCUT2D eigenvalue weighted by Gasteiger charge is 2.30. The molecule has 3 nitrogen and oxygen atoms in total. The summed E-state index contributed by atoms with van der Waals surface area (Å²) in [6.45, 7) is 0. The Balaban J connectivity index is 2.13. The Morgan fingerprint density at radius 3 is 2.36 bits per heavy atom. The fourth-order valence-electron chi connectivity index (χ4n) is 2.59. The number of carbonyl (C=O) groups excluding carboxylic acids is 1. The van der Waals surface area contributed by atoms with Crippen molar-refractivity contribution in [3.05, 3.63) is 78.0 Å². The quantitative estimate of drug-likeness (QED) is 0.508. The first-order chi connectivity index (χ1) is 11.9. The Labute approximate surface area is 141 Å². The van der Waals surface area contributed by atoms with E-state index in [0.29, 0.717) is 11.3 Å². The van der Waals surface area contributed by atoms with Crippen LogP contribution in [0.2, 0.25) is 0 Å². The van der Waals surface area contributed by atoms with Crippen molar-refractivity contribution in [1.29, 1.82) is 0 Å². The number of aromatic nitrogens is 1. The minimum absolute atomic E-state index is 0.432. The predicted octanol–water partition coefficient (Wildman–Crippen LogP) is 4.72. The number of fused-ring (bicyclic) bond motifs is 1. The van der Waals surface area contributed by atoms with Gasteiger partial charge >= 0.3 is 12.1 Å². The van der Waals surface area contributed by atoms with Gasteiger partial charge in [0.15, 0.2) is 0 Å². The first-order valence-electron chi connectivity index (χ1n) is 7.44. The van der Waals surface area contributed by atoms with Gasteiger partial charge in [-0.1, -0.05) is 30.3 Å². The largest absolute Gasteiger partial charge is 0.466 e. The Morgan fingerprint density at radius 1 is 1.04 bits per heavy atom. The lowest BCUT2D eigenvalue weighted by Gasteiger charge is -2.13. The van der Waals surface area contributed by atoms with Crippen molar-refractivity contribution in [3.8, 4) is 0 Å². The number of halogens is 3. The highest BCUT2D eigenvalue weighted by Crippen LogP contribution is 2.31. The lowest BCUT2D eigenvalue weighted by Crippen LogP contribution is -2.06. The molecule has 6 heteroatoms. The molecular formula is C19H14F3NO2. The fraction of sp³-hybridized carbons (Fsp3) is 0.105. The van der Waals surface area contributed by atoms with E-state index < -0.39 is 17.7 Å². The van der Waals surface area contributed by atoms with Gasteiger partial charge in [0.1, 0.15) is 0 Å². The Bertz CT molecular complexity index is 937. The summed E-state index contributed by atoms with van der Waals surface area (Å²) in [6.07, 6.45) is -1.39. The first kappa shape index (κ1) is 16.8. The highest BCUT2D eigenvalue weighted by molar-refractivity contribution is 5.94. The molecule has 0 saturated carbocycles. The second-order valence-electron chi connectivity index (χ2n) is 5.37. The molecule has 3 aromatic rings. The van der Waals surface area contributed by atoms with E-state index in [1.54, 1.807) is 10.8 Å². The van der Waals surface area contributed by atoms with E-state index in [-0.39, 0.29) is 0 Å². The van der Waals surface area contributed by atoms with Gasteiger partial charge in [-0.15, -0.1) is 0 Å². The molecule has 0 unspecified atom stereocenters. The van der Waals surface area contributed by atoms with Gasteiger partial charge in [0.25, 0.3) is 0 Å². The van der Waals surface area contributed by atoms with Crippen molar-refractivity contribution in [1.82, 2.24) is 4.57 Å². The summed E-state index contributed by atoms with van der Waals surface area (Å²) < 4.78 is 44.7. The normalized spacial score (nSPS) is 12.4. The van der Waals surface area contributed by atoms with Gasteiger partial charge in [0, 0.05) is 12.3 Å². The van der Waals surface area contributed by atoms with Crippen LogP contribution in [0.15, 0.2) is 66.9 Å². The second kappa shape index (κ2) is 6.47. The SMILES string of the molecule is COC(=O)C=C(c1ccc(C(F)(F)F)cc1)n1ccc2ccccc21. The number of benzene rings is 2. The van der Waals surface area contributed by atoms with Gasteiger partial charge in [-0.2, -0.15) is 13.2 Å². The lowest BCUT2D eigenvalue weighted by molar-refractivity contribution is -0.137. The van der Waals surface area contributed by atoms with Crippen LogP contribution in [0.3, 0.4) is 0 Å². The third kappa shape index (κ3) is 3.42. The van der Waals surface area contributed by atoms with Crippen molar-refractivity contribution >= 4 is 22.6 Å². The van der Waals surface area contributed by atoms with Crippen LogP contribution in [-0.2, 0) is 15.7 Å². The number of esters is 1. The summed E-state index contributed by atoms with van der Waals surface area (Å²) in [6, 6.07) is 14.0. The van der Waals surface area contributed by atoms with E-state index in [9.17, 15) is 18.0 Å². The van der Waals surface area contributed by atoms with E-state index in [4.69, 9.17) is 0 Å². The summed E-state index contributed by atoms with van der Waals surface area (Å²) in [4.78, 5) is 11.8. The zero-order chi connectivity index (χ0) is 18.0. The minimum atomic E-state index is -4.41. The first-order valence-corrected chi connectivity index (χ1v) is 7.44. The fourth-order valence-corrected chi connectivity index (χ4v) is 2.59. The molecule has 1 heterocycles. The molecule has 2 aromatic carbocycles. The van der Waals surface area contributed by atoms with E-state index in [0.717, 1.165) is 23.0 Å². The van der Waals surface area contributed by atoms with Crippen molar-refractivity contribution < 1.29 is 22.7 Å². The van der Waals surface area contributed by atoms with Crippen molar-refractivity contribution in [3.63, 3.8) is 0 Å². The Kier molecular flexibility index (Phi) is 4.35. The predicted molar refractivity (Wildman–Crippen MR) is 88.8 cm³/mol. The van der Waals surface area contributed by atoms with Gasteiger partial charge in [-0.05, 0) is 35.2 Å². The molecule has 0 fully saturated rings. The van der Waals surface area contributed by atoms with Crippen LogP contribution in [0.5, 0.6) is 0 Å². The van der Waals surface area contributed by atoms with Crippen LogP contribution < -0.4 is 0 Å². The van der Waals surface area contributed by atoms with Crippen molar-refractivity contribution in [2.45, 2.75) is 6.18 Å². The maximum Gasteiger partial charge on any atom is 0.416 e. The molecule has 0 aliphatic rings. The monoisotopic (exact) mass is 345 g/mol. The number of para-hydroxylation sites is 1. The number of alkyl halides is 3. The summed E-state index contributed by atoms with van der Waals surface area (Å²) >= 11 is 0. The molecule has 0 amide bonds. The number of methoxy groups -OCH3 is 1. The average Bonchev–Trinajstić information content (AvgIpc) is 3.02. The second-order valence-corrected chi connectivity index (χ2v) is 5.37. The van der Waals surface area contributed by atoms with E-state index in [1.807, 2.05) is 30.3 Å². The van der Waals surface area contributed by atoms with Gasteiger partial charge in [-0.3, -0.25) is 0 Å². The van der Waals surface area contributed by atoms with Crippen LogP contribution in [0, 0.1) is 0 Å². The standard InChI is InChI=1S/C19H14F3NO2/c1-25-18(24)12-17(14-6-8-15(9-7-14)19(20,21)22)23-11-10-13-4-2-3-5-16(13)23/h2-12H,1H3. The van der Waals surface area contributed by atoms with Crippen LogP contribution in [-0.4, -0.2) is 17.6 Å². The smallest absolute Gasteiger partial charge is 0.416 e. The Hall–Kier alpha value is -3.02. The molecule has 3 rings (SSSR count). The van der Waals surface area contributed by atoms with E-state index in [1.165, 1.54) is 25.3 Å². The number of ether oxygens (including phenoxy) is 1. The molecule has 0 atom stereocenters. The summed E-state index contributed by atoms with van der Waals surface area (Å²) in [5, 5.41) is 0.949. The topological polar surface area (TPSA) is 31.2 Å². The van der Waals surface area contributed by atoms with Gasteiger partial charge in [0.05, 0.1) is 23.9 Å². The number of hydrogen-bond acceptors (Lipinski definition) is 2. The number of nitrogens with zero attached hydrogens (tertiary/aromatic N) is 1. The zero-order valence-electron chi connectivity index (χ0n) is 13.2. The summed E-state index contributed by atoms with van der Waals surface area (Å²) in [5.41, 5.74) is 0.991. The molecule has 0 radical (unpaired) electrons. The zero-order valence-corrected chi connectivity index (χ0v) is 13.2. The molecule has 0 N–H and O–H groups in total. The molecule has 0 aliphatic carbocycles. The molecule has 0 spiro atoms. The molecule has 0 bridgehead atoms. The van der Waals surface area contributed by atoms with Crippen molar-refractivity contribution in [2.75, 3.05) is 7.11 Å². The molecule has 128 valence electrons. The highest BCUT2D eigenvalue weighted by atomic mass is 19.4. The summed E-state index contributed by atoms with van der Waals surface area (Å²) in [7, 11) is 1.25. The van der Waals surface area contributed by atoms with E-state index in [2.05, 4.69) is 4.74 Å². The van der Waals surface area contributed by atoms with Crippen LogP contribution in [0.25, 0.3) is 16.6 Å². The van der Waals surface area contributed by atoms with Crippen molar-refractivity contribution in [2.24, 2.45) is 0 Å². The average molecular weight is 345 g/mol. The number of hydrogen-bond donors (Lipinski definition) is 0. The third-order valence-corrected chi connectivity index (χ3v) is 3.82. The Morgan fingerprint density at radius 2 is 1.72 bits per heavy atom. The third-order valence-electron chi connectivity index (χ3n) is 3.82. The summed E-state index contributed by atoms with van der Waals surface area (Å²) in [5.74, 6) is -0.590. The number of carbonyl (C=O) groups is 1. The van der Waals surface area contributed by atoms with Gasteiger partial charge in [0.2, 0.25) is 0 Å². The van der Waals surface area contributed by atoms with Crippen LogP contribution in [0.4, 0.5) is 13.2 Å². The minimum Gasteiger partial charge on any atom is -0.466 e. The van der Waals surface area contributed by atoms with Gasteiger partial charge in [-0.25, -0.2) is 4.79 Å². The molecular weight excluding hydrogens is 331 g/mol. The molecule has 1 aromatic heterocycles.